The molecule has 0 unspecified atom stereocenters. The Morgan fingerprint density at radius 1 is 0.591 bits per heavy atom. The van der Waals surface area contributed by atoms with Crippen LogP contribution in [0.1, 0.15) is 60.3 Å². The highest BCUT2D eigenvalue weighted by atomic mass is 31.2. The van der Waals surface area contributed by atoms with Crippen molar-refractivity contribution in [2.45, 2.75) is 60.3 Å². The van der Waals surface area contributed by atoms with E-state index < -0.39 is 7.87 Å². The van der Waals surface area contributed by atoms with Crippen molar-refractivity contribution in [2.75, 3.05) is 53.9 Å². The Bertz CT molecular complexity index is 241. The molecular weight excluding hydrogens is 291 g/mol. The van der Waals surface area contributed by atoms with Crippen LogP contribution in [0.25, 0.3) is 0 Å². The molecule has 0 N–H and O–H groups in total. The predicted octanol–water partition coefficient (Wildman–Crippen LogP) is 4.42. The number of hydrogen-bond acceptors (Lipinski definition) is 4. The van der Waals surface area contributed by atoms with Gasteiger partial charge in [-0.15, -0.1) is 18.7 Å². The first-order valence-electron chi connectivity index (χ1n) is 9.26. The Morgan fingerprint density at radius 3 is 1.14 bits per heavy atom. The molecule has 0 bridgehead atoms. The minimum atomic E-state index is -1.61. The molecule has 5 heteroatoms. The van der Waals surface area contributed by atoms with Crippen molar-refractivity contribution in [3.8, 4) is 0 Å². The summed E-state index contributed by atoms with van der Waals surface area (Å²) in [5.74, 6) is 0. The third-order valence-corrected chi connectivity index (χ3v) is 9.42. The van der Waals surface area contributed by atoms with E-state index in [0.717, 1.165) is 19.6 Å². The minimum absolute atomic E-state index is 1.09. The van der Waals surface area contributed by atoms with Gasteiger partial charge in [0.2, 0.25) is 0 Å². The van der Waals surface area contributed by atoms with Crippen LogP contribution in [0.4, 0.5) is 0 Å². The van der Waals surface area contributed by atoms with Crippen LogP contribution in [0.2, 0.25) is 0 Å². The second-order valence-electron chi connectivity index (χ2n) is 6.12. The van der Waals surface area contributed by atoms with Crippen molar-refractivity contribution in [2.24, 2.45) is 0 Å². The lowest BCUT2D eigenvalue weighted by Crippen LogP contribution is -2.50. The van der Waals surface area contributed by atoms with Crippen molar-refractivity contribution in [1.29, 1.82) is 0 Å². The van der Waals surface area contributed by atoms with Gasteiger partial charge in [0, 0.05) is 53.9 Å². The Kier molecular flexibility index (Phi) is 11.9. The van der Waals surface area contributed by atoms with Crippen molar-refractivity contribution in [1.82, 2.24) is 18.7 Å². The van der Waals surface area contributed by atoms with E-state index in [2.05, 4.69) is 74.4 Å². The molecule has 0 fully saturated rings. The molecule has 0 aromatic rings. The van der Waals surface area contributed by atoms with Gasteiger partial charge in [0.1, 0.15) is 0 Å². The van der Waals surface area contributed by atoms with Gasteiger partial charge in [-0.05, 0) is 33.6 Å². The fourth-order valence-electron chi connectivity index (χ4n) is 3.06. The highest BCUT2D eigenvalue weighted by Crippen LogP contribution is 2.68. The highest BCUT2D eigenvalue weighted by Gasteiger charge is 2.56. The number of hydrogen-bond donors (Lipinski definition) is 0. The predicted molar refractivity (Wildman–Crippen MR) is 103 cm³/mol. The molecule has 4 nitrogen and oxygen atoms in total. The molecule has 0 saturated carbocycles. The Hall–Kier alpha value is 0.270. The first-order chi connectivity index (χ1) is 10.5. The maximum Gasteiger partial charge on any atom is 0.307 e. The van der Waals surface area contributed by atoms with Crippen LogP contribution in [0.3, 0.4) is 0 Å². The number of unbranched alkanes of at least 4 members (excludes halogenated alkanes) is 2. The van der Waals surface area contributed by atoms with Gasteiger partial charge in [0.05, 0.1) is 0 Å². The summed E-state index contributed by atoms with van der Waals surface area (Å²) in [5.41, 5.74) is 0. The largest absolute Gasteiger partial charge is 0.307 e. The SMILES string of the molecule is CCCCN(CCCC)[P+](N(C)CC)(N(C)CC)N(C)CC. The third-order valence-electron chi connectivity index (χ3n) is 4.67. The van der Waals surface area contributed by atoms with E-state index in [9.17, 15) is 0 Å². The molecule has 22 heavy (non-hydrogen) atoms. The first kappa shape index (κ1) is 22.3. The molecule has 0 aliphatic carbocycles. The number of nitrogens with zero attached hydrogens (tertiary/aromatic N) is 4. The monoisotopic (exact) mass is 333 g/mol. The van der Waals surface area contributed by atoms with Gasteiger partial charge in [0.15, 0.2) is 0 Å². The zero-order valence-electron chi connectivity index (χ0n) is 16.6. The average molecular weight is 334 g/mol. The van der Waals surface area contributed by atoms with E-state index in [1.807, 2.05) is 0 Å². The van der Waals surface area contributed by atoms with Crippen LogP contribution >= 0.6 is 7.87 Å². The molecule has 0 aliphatic heterocycles. The summed E-state index contributed by atoms with van der Waals surface area (Å²) in [6.45, 7) is 17.2. The Balaban J connectivity index is 5.77. The molecule has 0 spiro atoms. The Morgan fingerprint density at radius 2 is 0.909 bits per heavy atom. The van der Waals surface area contributed by atoms with E-state index in [0.29, 0.717) is 0 Å². The molecular formula is C17H42N4P+. The highest BCUT2D eigenvalue weighted by molar-refractivity contribution is 7.66. The maximum atomic E-state index is 2.82. The third kappa shape index (κ3) is 5.14. The summed E-state index contributed by atoms with van der Waals surface area (Å²) >= 11 is 0. The molecule has 0 saturated heterocycles. The van der Waals surface area contributed by atoms with Crippen molar-refractivity contribution < 1.29 is 0 Å². The fourth-order valence-corrected chi connectivity index (χ4v) is 7.88. The fraction of sp³-hybridized carbons (Fsp3) is 1.00. The summed E-state index contributed by atoms with van der Waals surface area (Å²) in [6.07, 6.45) is 5.12. The lowest BCUT2D eigenvalue weighted by atomic mass is 10.3. The lowest BCUT2D eigenvalue weighted by Gasteiger charge is -2.48. The van der Waals surface area contributed by atoms with Gasteiger partial charge >= 0.3 is 7.87 Å². The van der Waals surface area contributed by atoms with Gasteiger partial charge in [-0.25, -0.2) is 0 Å². The van der Waals surface area contributed by atoms with Crippen LogP contribution in [-0.4, -0.2) is 72.5 Å². The second kappa shape index (κ2) is 11.8. The summed E-state index contributed by atoms with van der Waals surface area (Å²) in [6, 6.07) is 0. The van der Waals surface area contributed by atoms with Gasteiger partial charge in [-0.3, -0.25) is 0 Å². The van der Waals surface area contributed by atoms with Gasteiger partial charge in [-0.2, -0.15) is 0 Å². The topological polar surface area (TPSA) is 13.0 Å². The van der Waals surface area contributed by atoms with Gasteiger partial charge in [0.25, 0.3) is 0 Å². The zero-order chi connectivity index (χ0) is 17.2. The van der Waals surface area contributed by atoms with Crippen molar-refractivity contribution in [3.63, 3.8) is 0 Å². The molecule has 0 aromatic carbocycles. The molecule has 0 amide bonds. The minimum Gasteiger partial charge on any atom is -0.136 e. The van der Waals surface area contributed by atoms with Crippen LogP contribution in [-0.2, 0) is 0 Å². The lowest BCUT2D eigenvalue weighted by molar-refractivity contribution is 0.284. The van der Waals surface area contributed by atoms with Crippen LogP contribution in [0.15, 0.2) is 0 Å². The van der Waals surface area contributed by atoms with E-state index in [1.165, 1.54) is 38.8 Å². The molecule has 0 aromatic heterocycles. The molecule has 0 heterocycles. The van der Waals surface area contributed by atoms with Crippen LogP contribution < -0.4 is 0 Å². The molecule has 0 aliphatic rings. The summed E-state index contributed by atoms with van der Waals surface area (Å²) in [4.78, 5) is 0. The van der Waals surface area contributed by atoms with E-state index >= 15 is 0 Å². The summed E-state index contributed by atoms with van der Waals surface area (Å²) in [5, 5.41) is 0. The second-order valence-corrected chi connectivity index (χ2v) is 9.81. The van der Waals surface area contributed by atoms with E-state index in [-0.39, 0.29) is 0 Å². The quantitative estimate of drug-likeness (QED) is 0.462. The zero-order valence-corrected chi connectivity index (χ0v) is 17.5. The average Bonchev–Trinajstić information content (AvgIpc) is 2.55. The standard InChI is InChI=1S/C17H42N4P/c1-9-14-16-21(17-15-10-2)22(18(6)11-3,19(7)12-4)20(8)13-5/h9-17H2,1-8H3/q+1. The van der Waals surface area contributed by atoms with Crippen LogP contribution in [0, 0.1) is 0 Å². The smallest absolute Gasteiger partial charge is 0.136 e. The Labute approximate surface area is 141 Å². The van der Waals surface area contributed by atoms with E-state index in [4.69, 9.17) is 0 Å². The van der Waals surface area contributed by atoms with E-state index in [1.54, 1.807) is 0 Å². The molecule has 134 valence electrons. The van der Waals surface area contributed by atoms with Crippen molar-refractivity contribution in [3.05, 3.63) is 0 Å². The van der Waals surface area contributed by atoms with Crippen LogP contribution in [0.5, 0.6) is 0 Å². The molecule has 0 rings (SSSR count). The number of rotatable bonds is 13. The van der Waals surface area contributed by atoms with Gasteiger partial charge in [-0.1, -0.05) is 26.7 Å². The maximum absolute atomic E-state index is 2.82. The normalized spacial score (nSPS) is 13.1. The summed E-state index contributed by atoms with van der Waals surface area (Å²) < 4.78 is 10.7. The van der Waals surface area contributed by atoms with Gasteiger partial charge < -0.3 is 0 Å². The molecule has 0 radical (unpaired) electrons. The summed E-state index contributed by atoms with van der Waals surface area (Å²) in [7, 11) is 5.34. The van der Waals surface area contributed by atoms with Crippen molar-refractivity contribution >= 4 is 7.87 Å². The molecule has 0 atom stereocenters. The first-order valence-corrected chi connectivity index (χ1v) is 10.9.